The number of hydrogen-bond acceptors (Lipinski definition) is 6. The van der Waals surface area contributed by atoms with E-state index in [4.69, 9.17) is 14.1 Å². The van der Waals surface area contributed by atoms with Crippen LogP contribution >= 0.6 is 0 Å². The fourth-order valence-electron chi connectivity index (χ4n) is 5.63. The van der Waals surface area contributed by atoms with Crippen molar-refractivity contribution in [2.24, 2.45) is 0 Å². The number of anilines is 1. The number of furan rings is 1. The first-order chi connectivity index (χ1) is 21.5. The molecule has 9 nitrogen and oxygen atoms in total. The van der Waals surface area contributed by atoms with Crippen LogP contribution in [0.15, 0.2) is 71.1 Å². The second-order valence-electron chi connectivity index (χ2n) is 10.5. The molecule has 0 saturated carbocycles. The summed E-state index contributed by atoms with van der Waals surface area (Å²) in [5, 5.41) is 2.72. The molecular formula is C32H23F3N4O5S. The van der Waals surface area contributed by atoms with Crippen molar-refractivity contribution in [3.63, 3.8) is 0 Å². The van der Waals surface area contributed by atoms with Gasteiger partial charge < -0.3 is 19.0 Å². The van der Waals surface area contributed by atoms with Crippen LogP contribution in [-0.2, 0) is 16.8 Å². The highest BCUT2D eigenvalue weighted by Crippen LogP contribution is 2.44. The van der Waals surface area contributed by atoms with Gasteiger partial charge in [-0.15, -0.1) is 0 Å². The minimum absolute atomic E-state index is 0.0188. The SMILES string of the molecule is CNC(=O)c1c(-c2ccc(F)cc2)oc2cc(N(C)S(C)(=O)=O)c(-c3ccc4c(n3)-c3c(F)c5c(F)cccc5n3CO4)cc12. The molecule has 0 unspecified atom stereocenters. The second kappa shape index (κ2) is 10.1. The van der Waals surface area contributed by atoms with Crippen LogP contribution in [-0.4, -0.2) is 44.2 Å². The molecule has 0 radical (unpaired) electrons. The number of benzene rings is 3. The molecule has 4 heterocycles. The Balaban J connectivity index is 1.51. The molecule has 0 aliphatic carbocycles. The summed E-state index contributed by atoms with van der Waals surface area (Å²) in [5.74, 6) is -2.11. The minimum atomic E-state index is -3.82. The fourth-order valence-corrected chi connectivity index (χ4v) is 6.13. The van der Waals surface area contributed by atoms with Crippen molar-refractivity contribution in [1.29, 1.82) is 0 Å². The van der Waals surface area contributed by atoms with Gasteiger partial charge >= 0.3 is 0 Å². The highest BCUT2D eigenvalue weighted by molar-refractivity contribution is 7.92. The van der Waals surface area contributed by atoms with Crippen molar-refractivity contribution >= 4 is 43.5 Å². The van der Waals surface area contributed by atoms with E-state index in [9.17, 15) is 22.0 Å². The number of pyridine rings is 1. The van der Waals surface area contributed by atoms with Crippen LogP contribution in [0, 0.1) is 17.5 Å². The Morgan fingerprint density at radius 1 is 1.04 bits per heavy atom. The maximum atomic E-state index is 15.8. The number of nitrogens with zero attached hydrogens (tertiary/aromatic N) is 3. The number of hydrogen-bond donors (Lipinski definition) is 1. The van der Waals surface area contributed by atoms with Gasteiger partial charge in [0.25, 0.3) is 5.91 Å². The molecule has 1 N–H and O–H groups in total. The van der Waals surface area contributed by atoms with Crippen molar-refractivity contribution in [1.82, 2.24) is 14.9 Å². The summed E-state index contributed by atoms with van der Waals surface area (Å²) in [6, 6.07) is 15.8. The van der Waals surface area contributed by atoms with Gasteiger partial charge in [-0.2, -0.15) is 0 Å². The van der Waals surface area contributed by atoms with Crippen molar-refractivity contribution in [3.8, 4) is 39.7 Å². The third kappa shape index (κ3) is 4.41. The second-order valence-corrected chi connectivity index (χ2v) is 12.5. The normalized spacial score (nSPS) is 12.6. The molecule has 0 atom stereocenters. The lowest BCUT2D eigenvalue weighted by atomic mass is 10.0. The van der Waals surface area contributed by atoms with Gasteiger partial charge in [0.1, 0.15) is 40.1 Å². The lowest BCUT2D eigenvalue weighted by Crippen LogP contribution is -2.25. The lowest BCUT2D eigenvalue weighted by Gasteiger charge is -2.23. The van der Waals surface area contributed by atoms with E-state index < -0.39 is 33.4 Å². The molecule has 1 amide bonds. The summed E-state index contributed by atoms with van der Waals surface area (Å²) in [6.07, 6.45) is 1.03. The molecule has 0 fully saturated rings. The average molecular weight is 633 g/mol. The number of rotatable bonds is 5. The van der Waals surface area contributed by atoms with Gasteiger partial charge in [-0.25, -0.2) is 26.6 Å². The number of carbonyl (C=O) groups is 1. The number of ether oxygens (including phenoxy) is 1. The number of carbonyl (C=O) groups excluding carboxylic acids is 1. The van der Waals surface area contributed by atoms with Gasteiger partial charge in [0.2, 0.25) is 10.0 Å². The maximum absolute atomic E-state index is 15.8. The van der Waals surface area contributed by atoms with Crippen molar-refractivity contribution < 1.29 is 35.5 Å². The van der Waals surface area contributed by atoms with E-state index in [1.54, 1.807) is 24.3 Å². The maximum Gasteiger partial charge on any atom is 0.255 e. The number of aromatic nitrogens is 2. The van der Waals surface area contributed by atoms with E-state index in [1.807, 2.05) is 0 Å². The third-order valence-corrected chi connectivity index (χ3v) is 9.08. The molecule has 3 aromatic carbocycles. The minimum Gasteiger partial charge on any atom is -0.470 e. The number of amides is 1. The Bertz CT molecular complexity index is 2310. The molecule has 7 rings (SSSR count). The highest BCUT2D eigenvalue weighted by atomic mass is 32.2. The number of sulfonamides is 1. The zero-order chi connectivity index (χ0) is 31.8. The first-order valence-electron chi connectivity index (χ1n) is 13.6. The first kappa shape index (κ1) is 28.5. The van der Waals surface area contributed by atoms with E-state index in [2.05, 4.69) is 5.32 Å². The standard InChI is InChI=1S/C32H23F3N4O5S/c1-36-32(40)26-19-13-18(23(38(2)45(3,41)42)14-25(19)44-31(26)16-7-9-17(33)10-8-16)21-11-12-24-29(37-21)30-28(35)27-20(34)5-4-6-22(27)39(30)15-43-24/h4-14H,15H2,1-3H3,(H,36,40). The van der Waals surface area contributed by atoms with Gasteiger partial charge in [0.05, 0.1) is 34.1 Å². The lowest BCUT2D eigenvalue weighted by molar-refractivity contribution is 0.0964. The summed E-state index contributed by atoms with van der Waals surface area (Å²) in [6.45, 7) is -0.0715. The molecule has 228 valence electrons. The van der Waals surface area contributed by atoms with Gasteiger partial charge in [0, 0.05) is 36.7 Å². The first-order valence-corrected chi connectivity index (χ1v) is 15.5. The summed E-state index contributed by atoms with van der Waals surface area (Å²) >= 11 is 0. The summed E-state index contributed by atoms with van der Waals surface area (Å²) < 4.78 is 84.2. The molecule has 0 bridgehead atoms. The van der Waals surface area contributed by atoms with Gasteiger partial charge in [0.15, 0.2) is 12.5 Å². The molecule has 3 aromatic heterocycles. The fraction of sp³-hybridized carbons (Fsp3) is 0.125. The van der Waals surface area contributed by atoms with E-state index in [0.29, 0.717) is 16.5 Å². The Labute approximate surface area is 254 Å². The molecule has 45 heavy (non-hydrogen) atoms. The number of nitrogens with one attached hydrogen (secondary N) is 1. The van der Waals surface area contributed by atoms with Gasteiger partial charge in [-0.05, 0) is 54.6 Å². The van der Waals surface area contributed by atoms with E-state index in [0.717, 1.165) is 10.6 Å². The molecule has 13 heteroatoms. The van der Waals surface area contributed by atoms with E-state index in [1.165, 1.54) is 61.1 Å². The van der Waals surface area contributed by atoms with Gasteiger partial charge in [-0.1, -0.05) is 6.07 Å². The third-order valence-electron chi connectivity index (χ3n) is 7.89. The van der Waals surface area contributed by atoms with Gasteiger partial charge in [-0.3, -0.25) is 9.10 Å². The predicted octanol–water partition coefficient (Wildman–Crippen LogP) is 6.31. The zero-order valence-electron chi connectivity index (χ0n) is 24.0. The van der Waals surface area contributed by atoms with Crippen LogP contribution in [0.4, 0.5) is 18.9 Å². The number of fused-ring (bicyclic) bond motifs is 6. The molecule has 0 saturated heterocycles. The predicted molar refractivity (Wildman–Crippen MR) is 163 cm³/mol. The molecule has 0 spiro atoms. The van der Waals surface area contributed by atoms with Crippen LogP contribution in [0.25, 0.3) is 55.8 Å². The number of halogens is 3. The van der Waals surface area contributed by atoms with E-state index >= 15 is 4.39 Å². The van der Waals surface area contributed by atoms with Crippen molar-refractivity contribution in [2.45, 2.75) is 6.73 Å². The summed E-state index contributed by atoms with van der Waals surface area (Å²) in [7, 11) is -1.02. The highest BCUT2D eigenvalue weighted by Gasteiger charge is 2.30. The smallest absolute Gasteiger partial charge is 0.255 e. The Hall–Kier alpha value is -5.30. The Morgan fingerprint density at radius 3 is 2.51 bits per heavy atom. The summed E-state index contributed by atoms with van der Waals surface area (Å²) in [4.78, 5) is 17.9. The Kier molecular flexibility index (Phi) is 6.41. The van der Waals surface area contributed by atoms with Crippen LogP contribution in [0.1, 0.15) is 10.4 Å². The van der Waals surface area contributed by atoms with E-state index in [-0.39, 0.29) is 63.1 Å². The quantitative estimate of drug-likeness (QED) is 0.239. The zero-order valence-corrected chi connectivity index (χ0v) is 24.8. The average Bonchev–Trinajstić information content (AvgIpc) is 3.55. The van der Waals surface area contributed by atoms with Crippen molar-refractivity contribution in [2.75, 3.05) is 24.7 Å². The molecule has 6 aromatic rings. The Morgan fingerprint density at radius 2 is 1.80 bits per heavy atom. The molecular weight excluding hydrogens is 609 g/mol. The van der Waals surface area contributed by atoms with Crippen LogP contribution in [0.5, 0.6) is 5.75 Å². The largest absolute Gasteiger partial charge is 0.470 e. The molecule has 1 aliphatic heterocycles. The topological polar surface area (TPSA) is 107 Å². The summed E-state index contributed by atoms with van der Waals surface area (Å²) in [5.41, 5.74) is 1.79. The monoisotopic (exact) mass is 632 g/mol. The van der Waals surface area contributed by atoms with Crippen LogP contribution < -0.4 is 14.4 Å². The molecule has 1 aliphatic rings. The van der Waals surface area contributed by atoms with Crippen LogP contribution in [0.3, 0.4) is 0 Å². The van der Waals surface area contributed by atoms with Crippen LogP contribution in [0.2, 0.25) is 0 Å². The van der Waals surface area contributed by atoms with Crippen molar-refractivity contribution in [3.05, 3.63) is 89.7 Å².